The molecule has 1 aliphatic rings. The van der Waals surface area contributed by atoms with Crippen LogP contribution >= 0.6 is 0 Å². The van der Waals surface area contributed by atoms with Crippen LogP contribution in [0.2, 0.25) is 0 Å². The first-order valence-electron chi connectivity index (χ1n) is 7.29. The lowest BCUT2D eigenvalue weighted by Crippen LogP contribution is -2.47. The largest absolute Gasteiger partial charge is 0.481 e. The summed E-state index contributed by atoms with van der Waals surface area (Å²) < 4.78 is 36.3. The van der Waals surface area contributed by atoms with E-state index >= 15 is 0 Å². The van der Waals surface area contributed by atoms with Gasteiger partial charge in [-0.1, -0.05) is 0 Å². The number of piperidine rings is 1. The predicted octanol–water partition coefficient (Wildman–Crippen LogP) is 1.33. The average Bonchev–Trinajstić information content (AvgIpc) is 2.98. The molecule has 1 fully saturated rings. The molecule has 2 atom stereocenters. The summed E-state index contributed by atoms with van der Waals surface area (Å²) in [6.45, 7) is 3.37. The van der Waals surface area contributed by atoms with E-state index in [1.807, 2.05) is 0 Å². The summed E-state index contributed by atoms with van der Waals surface area (Å²) in [5.41, 5.74) is 0. The van der Waals surface area contributed by atoms with Crippen LogP contribution in [0.3, 0.4) is 0 Å². The number of rotatable bonds is 5. The van der Waals surface area contributed by atoms with E-state index in [0.717, 1.165) is 4.31 Å². The number of nitrogens with zero attached hydrogens (tertiary/aromatic N) is 1. The van der Waals surface area contributed by atoms with Crippen LogP contribution in [-0.4, -0.2) is 49.0 Å². The lowest BCUT2D eigenvalue weighted by molar-refractivity contribution is -0.143. The first kappa shape index (κ1) is 17.5. The minimum Gasteiger partial charge on any atom is -0.481 e. The summed E-state index contributed by atoms with van der Waals surface area (Å²) in [6, 6.07) is 2.07. The van der Waals surface area contributed by atoms with Crippen LogP contribution in [0, 0.1) is 5.92 Å². The molecule has 0 aromatic carbocycles. The smallest absolute Gasteiger partial charge is 0.374 e. The van der Waals surface area contributed by atoms with Gasteiger partial charge in [-0.2, -0.15) is 4.31 Å². The molecule has 2 rings (SSSR count). The Kier molecular flexibility index (Phi) is 5.10. The number of aliphatic carboxylic acids is 1. The topological polar surface area (TPSA) is 114 Å². The first-order valence-corrected chi connectivity index (χ1v) is 8.73. The van der Waals surface area contributed by atoms with E-state index in [-0.39, 0.29) is 25.0 Å². The van der Waals surface area contributed by atoms with Crippen LogP contribution in [0.1, 0.15) is 37.2 Å². The number of ether oxygens (including phenoxy) is 1. The minimum atomic E-state index is -4.01. The van der Waals surface area contributed by atoms with Crippen molar-refractivity contribution in [3.8, 4) is 0 Å². The van der Waals surface area contributed by atoms with Crippen molar-refractivity contribution < 1.29 is 32.3 Å². The molecule has 128 valence electrons. The van der Waals surface area contributed by atoms with Gasteiger partial charge in [0.2, 0.25) is 10.9 Å². The molecule has 1 N–H and O–H groups in total. The van der Waals surface area contributed by atoms with E-state index in [1.54, 1.807) is 13.8 Å². The summed E-state index contributed by atoms with van der Waals surface area (Å²) in [6.07, 6.45) is 0.871. The Bertz CT molecular complexity index is 694. The van der Waals surface area contributed by atoms with Gasteiger partial charge in [0.15, 0.2) is 0 Å². The Labute approximate surface area is 134 Å². The lowest BCUT2D eigenvalue weighted by Gasteiger charge is -2.34. The minimum absolute atomic E-state index is 0.117. The van der Waals surface area contributed by atoms with Crippen molar-refractivity contribution in [3.63, 3.8) is 0 Å². The quantitative estimate of drug-likeness (QED) is 0.801. The van der Waals surface area contributed by atoms with Crippen LogP contribution in [0.4, 0.5) is 0 Å². The average molecular weight is 345 g/mol. The van der Waals surface area contributed by atoms with Gasteiger partial charge in [-0.05, 0) is 38.8 Å². The van der Waals surface area contributed by atoms with Crippen LogP contribution in [0.25, 0.3) is 0 Å². The second-order valence-electron chi connectivity index (χ2n) is 5.38. The van der Waals surface area contributed by atoms with E-state index in [1.165, 1.54) is 12.1 Å². The molecule has 0 aliphatic carbocycles. The van der Waals surface area contributed by atoms with Gasteiger partial charge >= 0.3 is 11.9 Å². The van der Waals surface area contributed by atoms with Crippen LogP contribution in [0.5, 0.6) is 0 Å². The highest BCUT2D eigenvalue weighted by atomic mass is 32.2. The molecule has 23 heavy (non-hydrogen) atoms. The lowest BCUT2D eigenvalue weighted by atomic mass is 9.96. The second kappa shape index (κ2) is 6.71. The standard InChI is InChI=1S/C14H19NO7S/c1-3-21-14(18)11-6-7-12(22-11)23(19,20)15-8-10(13(16)17)5-4-9(15)2/h6-7,9-10H,3-5,8H2,1-2H3,(H,16,17). The molecule has 0 amide bonds. The molecule has 2 heterocycles. The van der Waals surface area contributed by atoms with Crippen LogP contribution < -0.4 is 0 Å². The zero-order chi connectivity index (χ0) is 17.2. The number of sulfonamides is 1. The van der Waals surface area contributed by atoms with E-state index in [9.17, 15) is 18.0 Å². The normalized spacial score (nSPS) is 22.7. The predicted molar refractivity (Wildman–Crippen MR) is 78.4 cm³/mol. The van der Waals surface area contributed by atoms with Crippen molar-refractivity contribution in [2.24, 2.45) is 5.92 Å². The summed E-state index contributed by atoms with van der Waals surface area (Å²) in [5.74, 6) is -2.72. The molecule has 9 heteroatoms. The van der Waals surface area contributed by atoms with E-state index in [2.05, 4.69) is 0 Å². The van der Waals surface area contributed by atoms with Crippen LogP contribution in [0.15, 0.2) is 21.6 Å². The number of carbonyl (C=O) groups is 2. The van der Waals surface area contributed by atoms with Crippen molar-refractivity contribution in [1.29, 1.82) is 0 Å². The molecule has 1 aromatic heterocycles. The first-order chi connectivity index (χ1) is 10.8. The Hall–Kier alpha value is -1.87. The Morgan fingerprint density at radius 3 is 2.70 bits per heavy atom. The molecular weight excluding hydrogens is 326 g/mol. The molecule has 0 saturated carbocycles. The van der Waals surface area contributed by atoms with Crippen LogP contribution in [-0.2, 0) is 19.6 Å². The Morgan fingerprint density at radius 2 is 2.09 bits per heavy atom. The molecule has 0 bridgehead atoms. The summed E-state index contributed by atoms with van der Waals surface area (Å²) in [5, 5.41) is 8.72. The molecular formula is C14H19NO7S. The number of hydrogen-bond donors (Lipinski definition) is 1. The maximum atomic E-state index is 12.6. The number of esters is 1. The number of carbonyl (C=O) groups excluding carboxylic acids is 1. The summed E-state index contributed by atoms with van der Waals surface area (Å²) >= 11 is 0. The van der Waals surface area contributed by atoms with Crippen molar-refractivity contribution in [2.75, 3.05) is 13.2 Å². The molecule has 1 aromatic rings. The van der Waals surface area contributed by atoms with E-state index < -0.39 is 33.0 Å². The molecule has 0 spiro atoms. The Balaban J connectivity index is 2.26. The highest BCUT2D eigenvalue weighted by Crippen LogP contribution is 2.29. The molecule has 2 unspecified atom stereocenters. The maximum absolute atomic E-state index is 12.6. The molecule has 1 saturated heterocycles. The fourth-order valence-electron chi connectivity index (χ4n) is 2.50. The van der Waals surface area contributed by atoms with Crippen molar-refractivity contribution in [1.82, 2.24) is 4.31 Å². The molecule has 0 radical (unpaired) electrons. The molecule has 8 nitrogen and oxygen atoms in total. The fourth-order valence-corrected chi connectivity index (χ4v) is 4.12. The highest BCUT2D eigenvalue weighted by molar-refractivity contribution is 7.89. The third-order valence-electron chi connectivity index (χ3n) is 3.80. The Morgan fingerprint density at radius 1 is 1.39 bits per heavy atom. The van der Waals surface area contributed by atoms with Crippen molar-refractivity contribution in [2.45, 2.75) is 37.8 Å². The van der Waals surface area contributed by atoms with Gasteiger partial charge in [0.1, 0.15) is 0 Å². The van der Waals surface area contributed by atoms with Gasteiger partial charge in [0, 0.05) is 12.6 Å². The number of hydrogen-bond acceptors (Lipinski definition) is 6. The van der Waals surface area contributed by atoms with Crippen molar-refractivity contribution in [3.05, 3.63) is 17.9 Å². The number of carboxylic acid groups (broad SMARTS) is 1. The van der Waals surface area contributed by atoms with Gasteiger partial charge in [-0.25, -0.2) is 13.2 Å². The fraction of sp³-hybridized carbons (Fsp3) is 0.571. The highest BCUT2D eigenvalue weighted by Gasteiger charge is 2.39. The third-order valence-corrected chi connectivity index (χ3v) is 5.65. The summed E-state index contributed by atoms with van der Waals surface area (Å²) in [7, 11) is -4.01. The maximum Gasteiger partial charge on any atom is 0.374 e. The van der Waals surface area contributed by atoms with E-state index in [4.69, 9.17) is 14.3 Å². The van der Waals surface area contributed by atoms with Gasteiger partial charge in [-0.3, -0.25) is 4.79 Å². The van der Waals surface area contributed by atoms with Crippen molar-refractivity contribution >= 4 is 22.0 Å². The SMILES string of the molecule is CCOC(=O)c1ccc(S(=O)(=O)N2CC(C(=O)O)CCC2C)o1. The van der Waals surface area contributed by atoms with E-state index in [0.29, 0.717) is 12.8 Å². The van der Waals surface area contributed by atoms with Gasteiger partial charge in [0.25, 0.3) is 10.0 Å². The third kappa shape index (κ3) is 3.56. The van der Waals surface area contributed by atoms with Gasteiger partial charge < -0.3 is 14.3 Å². The zero-order valence-electron chi connectivity index (χ0n) is 12.9. The number of furan rings is 1. The monoisotopic (exact) mass is 345 g/mol. The summed E-state index contributed by atoms with van der Waals surface area (Å²) in [4.78, 5) is 22.7. The number of carboxylic acids is 1. The van der Waals surface area contributed by atoms with Gasteiger partial charge in [-0.15, -0.1) is 0 Å². The zero-order valence-corrected chi connectivity index (χ0v) is 13.7. The van der Waals surface area contributed by atoms with Gasteiger partial charge in [0.05, 0.1) is 12.5 Å². The second-order valence-corrected chi connectivity index (χ2v) is 7.20. The molecule has 1 aliphatic heterocycles.